The van der Waals surface area contributed by atoms with Crippen molar-refractivity contribution in [3.8, 4) is 0 Å². The molecular formula is C37H42N2O4. The van der Waals surface area contributed by atoms with Crippen molar-refractivity contribution >= 4 is 17.8 Å². The highest BCUT2D eigenvalue weighted by molar-refractivity contribution is 5.92. The number of fused-ring (bicyclic) bond motifs is 2. The zero-order chi connectivity index (χ0) is 29.3. The number of carboxylic acid groups (broad SMARTS) is 1. The maximum Gasteiger partial charge on any atom is 0.326 e. The fourth-order valence-corrected chi connectivity index (χ4v) is 11.2. The van der Waals surface area contributed by atoms with Gasteiger partial charge in [0.25, 0.3) is 0 Å². The number of carboxylic acids is 1. The van der Waals surface area contributed by atoms with Gasteiger partial charge in [-0.1, -0.05) is 72.3 Å². The Morgan fingerprint density at radius 3 is 2.00 bits per heavy atom. The molecule has 0 spiro atoms. The highest BCUT2D eigenvalue weighted by Crippen LogP contribution is 2.63. The third-order valence-corrected chi connectivity index (χ3v) is 12.4. The summed E-state index contributed by atoms with van der Waals surface area (Å²) in [4.78, 5) is 42.5. The van der Waals surface area contributed by atoms with Gasteiger partial charge in [0, 0.05) is 24.4 Å². The third-order valence-electron chi connectivity index (χ3n) is 12.4. The molecule has 9 rings (SSSR count). The molecule has 224 valence electrons. The first-order valence-corrected chi connectivity index (χ1v) is 16.5. The predicted molar refractivity (Wildman–Crippen MR) is 163 cm³/mol. The number of amides is 2. The highest BCUT2D eigenvalue weighted by atomic mass is 16.4. The lowest BCUT2D eigenvalue weighted by molar-refractivity contribution is -0.150. The molecule has 0 aromatic heterocycles. The van der Waals surface area contributed by atoms with Gasteiger partial charge in [0.05, 0.1) is 11.8 Å². The van der Waals surface area contributed by atoms with Gasteiger partial charge in [0.15, 0.2) is 0 Å². The van der Waals surface area contributed by atoms with Gasteiger partial charge in [0.1, 0.15) is 6.04 Å². The third kappa shape index (κ3) is 4.22. The van der Waals surface area contributed by atoms with E-state index in [9.17, 15) is 19.5 Å². The van der Waals surface area contributed by atoms with E-state index in [-0.39, 0.29) is 23.1 Å². The number of hydrogen-bond donors (Lipinski definition) is 2. The SMILES string of the molecule is O=C(NCC12CC3CC(CC(C3)C1)C2)C1C2=C[C@H](C(=O)N3CCCC3C(=O)O)[C@@H]1C(c1ccccc1)(c1ccccc1)C2. The minimum Gasteiger partial charge on any atom is -0.480 e. The van der Waals surface area contributed by atoms with Gasteiger partial charge < -0.3 is 15.3 Å². The molecule has 6 nitrogen and oxygen atoms in total. The normalized spacial score (nSPS) is 36.5. The Labute approximate surface area is 253 Å². The average molecular weight is 579 g/mol. The molecule has 2 N–H and O–H groups in total. The highest BCUT2D eigenvalue weighted by Gasteiger charge is 2.63. The monoisotopic (exact) mass is 578 g/mol. The molecule has 2 aromatic rings. The topological polar surface area (TPSA) is 86.7 Å². The Kier molecular flexibility index (Phi) is 6.36. The van der Waals surface area contributed by atoms with Crippen LogP contribution >= 0.6 is 0 Å². The van der Waals surface area contributed by atoms with Gasteiger partial charge in [-0.25, -0.2) is 4.79 Å². The first-order chi connectivity index (χ1) is 20.9. The fourth-order valence-electron chi connectivity index (χ4n) is 11.2. The Balaban J connectivity index is 1.16. The summed E-state index contributed by atoms with van der Waals surface area (Å²) >= 11 is 0. The van der Waals surface area contributed by atoms with Crippen molar-refractivity contribution in [1.29, 1.82) is 0 Å². The molecule has 2 aromatic carbocycles. The van der Waals surface area contributed by atoms with Crippen LogP contribution in [0.5, 0.6) is 0 Å². The molecule has 5 saturated carbocycles. The Morgan fingerprint density at radius 1 is 0.860 bits per heavy atom. The molecule has 4 atom stereocenters. The molecule has 6 bridgehead atoms. The molecule has 1 aliphatic heterocycles. The van der Waals surface area contributed by atoms with Gasteiger partial charge in [0.2, 0.25) is 11.8 Å². The van der Waals surface area contributed by atoms with Crippen molar-refractivity contribution < 1.29 is 19.5 Å². The number of carbonyl (C=O) groups is 3. The minimum atomic E-state index is -0.941. The fraction of sp³-hybridized carbons (Fsp3) is 0.541. The molecule has 6 aliphatic carbocycles. The molecule has 6 fully saturated rings. The minimum absolute atomic E-state index is 0.0484. The Hall–Kier alpha value is -3.41. The van der Waals surface area contributed by atoms with Crippen LogP contribution in [0.25, 0.3) is 0 Å². The standard InChI is InChI=1S/C37H42N2O4/c40-33(38-22-36-18-23-14-24(19-36)16-25(15-23)20-36)31-26-17-29(34(41)39-13-7-12-30(39)35(42)43)32(31)37(21-26,27-8-3-1-4-9-27)28-10-5-2-6-11-28/h1-6,8-11,17,23-25,29-32H,7,12-16,18-22H2,(H,38,40)(H,42,43)/t23?,24?,25?,29-,30?,31?,32-,36?/m0/s1. The largest absolute Gasteiger partial charge is 0.480 e. The summed E-state index contributed by atoms with van der Waals surface area (Å²) in [6.07, 6.45) is 11.7. The van der Waals surface area contributed by atoms with Crippen molar-refractivity contribution in [3.05, 3.63) is 83.4 Å². The van der Waals surface area contributed by atoms with Crippen LogP contribution in [-0.2, 0) is 19.8 Å². The molecular weight excluding hydrogens is 536 g/mol. The van der Waals surface area contributed by atoms with Crippen LogP contribution in [0.1, 0.15) is 68.9 Å². The Morgan fingerprint density at radius 2 is 1.44 bits per heavy atom. The van der Waals surface area contributed by atoms with Crippen LogP contribution in [0.4, 0.5) is 0 Å². The molecule has 43 heavy (non-hydrogen) atoms. The van der Waals surface area contributed by atoms with Crippen LogP contribution < -0.4 is 5.32 Å². The van der Waals surface area contributed by atoms with E-state index in [0.717, 1.165) is 41.0 Å². The zero-order valence-electron chi connectivity index (χ0n) is 24.8. The van der Waals surface area contributed by atoms with E-state index in [4.69, 9.17) is 0 Å². The van der Waals surface area contributed by atoms with E-state index in [1.165, 1.54) is 38.5 Å². The number of hydrogen-bond acceptors (Lipinski definition) is 3. The van der Waals surface area contributed by atoms with Gasteiger partial charge in [-0.15, -0.1) is 0 Å². The number of carbonyl (C=O) groups excluding carboxylic acids is 2. The molecule has 2 amide bonds. The second-order valence-electron chi connectivity index (χ2n) is 14.8. The van der Waals surface area contributed by atoms with Crippen LogP contribution in [-0.4, -0.2) is 46.9 Å². The average Bonchev–Trinajstić information content (AvgIpc) is 3.73. The number of nitrogens with one attached hydrogen (secondary N) is 1. The summed E-state index contributed by atoms with van der Waals surface area (Å²) in [6, 6.07) is 19.9. The maximum atomic E-state index is 14.4. The van der Waals surface area contributed by atoms with Gasteiger partial charge >= 0.3 is 5.97 Å². The molecule has 1 heterocycles. The van der Waals surface area contributed by atoms with Gasteiger partial charge in [-0.3, -0.25) is 9.59 Å². The summed E-state index contributed by atoms with van der Waals surface area (Å²) in [7, 11) is 0. The maximum absolute atomic E-state index is 14.4. The van der Waals surface area contributed by atoms with E-state index < -0.39 is 29.3 Å². The lowest BCUT2D eigenvalue weighted by atomic mass is 9.49. The lowest BCUT2D eigenvalue weighted by Crippen LogP contribution is -2.53. The number of nitrogens with zero attached hydrogens (tertiary/aromatic N) is 1. The van der Waals surface area contributed by atoms with E-state index in [0.29, 0.717) is 25.8 Å². The molecule has 2 unspecified atom stereocenters. The smallest absolute Gasteiger partial charge is 0.326 e. The first-order valence-electron chi connectivity index (χ1n) is 16.5. The summed E-state index contributed by atoms with van der Waals surface area (Å²) in [6.45, 7) is 1.19. The van der Waals surface area contributed by atoms with E-state index in [1.807, 2.05) is 42.5 Å². The van der Waals surface area contributed by atoms with Crippen LogP contribution in [0.15, 0.2) is 72.3 Å². The molecule has 6 heteroatoms. The molecule has 7 aliphatic rings. The first kappa shape index (κ1) is 27.2. The van der Waals surface area contributed by atoms with Crippen molar-refractivity contribution in [3.63, 3.8) is 0 Å². The van der Waals surface area contributed by atoms with Gasteiger partial charge in [-0.2, -0.15) is 0 Å². The Bertz CT molecular complexity index is 1390. The number of rotatable bonds is 7. The lowest BCUT2D eigenvalue weighted by Gasteiger charge is -2.57. The van der Waals surface area contributed by atoms with Crippen molar-refractivity contribution in [2.45, 2.75) is 69.2 Å². The van der Waals surface area contributed by atoms with Crippen LogP contribution in [0.2, 0.25) is 0 Å². The quantitative estimate of drug-likeness (QED) is 0.421. The zero-order valence-corrected chi connectivity index (χ0v) is 24.8. The summed E-state index contributed by atoms with van der Waals surface area (Å²) in [5.41, 5.74) is 2.94. The number of aliphatic carboxylic acids is 1. The second-order valence-corrected chi connectivity index (χ2v) is 14.8. The summed E-state index contributed by atoms with van der Waals surface area (Å²) < 4.78 is 0. The summed E-state index contributed by atoms with van der Waals surface area (Å²) in [5.74, 6) is 0.168. The second kappa shape index (κ2) is 10.1. The molecule has 1 saturated heterocycles. The van der Waals surface area contributed by atoms with Crippen molar-refractivity contribution in [1.82, 2.24) is 10.2 Å². The van der Waals surface area contributed by atoms with Crippen molar-refractivity contribution in [2.24, 2.45) is 40.9 Å². The van der Waals surface area contributed by atoms with Crippen molar-refractivity contribution in [2.75, 3.05) is 13.1 Å². The number of likely N-dealkylation sites (tertiary alicyclic amines) is 1. The van der Waals surface area contributed by atoms with Crippen LogP contribution in [0.3, 0.4) is 0 Å². The van der Waals surface area contributed by atoms with Crippen LogP contribution in [0, 0.1) is 40.9 Å². The molecule has 0 radical (unpaired) electrons. The van der Waals surface area contributed by atoms with E-state index in [1.54, 1.807) is 4.90 Å². The predicted octanol–water partition coefficient (Wildman–Crippen LogP) is 5.57. The van der Waals surface area contributed by atoms with E-state index >= 15 is 0 Å². The summed E-state index contributed by atoms with van der Waals surface area (Å²) in [5, 5.41) is 13.4. The number of benzene rings is 2. The van der Waals surface area contributed by atoms with Gasteiger partial charge in [-0.05, 0) is 92.1 Å². The van der Waals surface area contributed by atoms with E-state index in [2.05, 4.69) is 29.6 Å².